The Kier molecular flexibility index (Phi) is 7.31. The standard InChI is InChI=1S/C28H44N2O2/c1-4-32-21-27-14-8-15-28(19-27,23-9-6-5-7-10-23)18-22(17-27)11-12-25(31)30-24-13-16-29-20-26(24,2)3/h5-7,9-10,22,24,29H,4,8,11-21H2,1-3H3,(H,30,31)/t22?,24-,27+,28-/m1/s1. The summed E-state index contributed by atoms with van der Waals surface area (Å²) in [6, 6.07) is 11.5. The van der Waals surface area contributed by atoms with E-state index in [1.54, 1.807) is 0 Å². The van der Waals surface area contributed by atoms with E-state index in [1.165, 1.54) is 44.1 Å². The Balaban J connectivity index is 1.44. The van der Waals surface area contributed by atoms with Crippen molar-refractivity contribution in [2.24, 2.45) is 16.7 Å². The summed E-state index contributed by atoms with van der Waals surface area (Å²) in [6.07, 6.45) is 10.2. The van der Waals surface area contributed by atoms with Crippen LogP contribution in [0.5, 0.6) is 0 Å². The summed E-state index contributed by atoms with van der Waals surface area (Å²) in [4.78, 5) is 12.9. The van der Waals surface area contributed by atoms with E-state index in [-0.39, 0.29) is 28.2 Å². The van der Waals surface area contributed by atoms with Gasteiger partial charge in [-0.05, 0) is 86.1 Å². The van der Waals surface area contributed by atoms with Gasteiger partial charge in [-0.3, -0.25) is 4.79 Å². The van der Waals surface area contributed by atoms with E-state index in [2.05, 4.69) is 61.7 Å². The van der Waals surface area contributed by atoms with Gasteiger partial charge in [0.1, 0.15) is 0 Å². The Morgan fingerprint density at radius 1 is 1.19 bits per heavy atom. The number of rotatable bonds is 8. The van der Waals surface area contributed by atoms with Crippen LogP contribution in [0, 0.1) is 16.7 Å². The predicted molar refractivity (Wildman–Crippen MR) is 131 cm³/mol. The fraction of sp³-hybridized carbons (Fsp3) is 0.750. The lowest BCUT2D eigenvalue weighted by molar-refractivity contribution is -0.123. The number of amides is 1. The van der Waals surface area contributed by atoms with Gasteiger partial charge in [-0.1, -0.05) is 50.6 Å². The van der Waals surface area contributed by atoms with Gasteiger partial charge in [0.25, 0.3) is 0 Å². The molecule has 1 heterocycles. The van der Waals surface area contributed by atoms with Gasteiger partial charge in [-0.25, -0.2) is 0 Å². The molecule has 2 N–H and O–H groups in total. The van der Waals surface area contributed by atoms with Gasteiger partial charge in [0, 0.05) is 25.6 Å². The maximum absolute atomic E-state index is 12.9. The number of piperidine rings is 1. The van der Waals surface area contributed by atoms with Crippen LogP contribution in [-0.2, 0) is 14.9 Å². The maximum atomic E-state index is 12.9. The first-order chi connectivity index (χ1) is 15.4. The van der Waals surface area contributed by atoms with Crippen LogP contribution < -0.4 is 10.6 Å². The van der Waals surface area contributed by atoms with Gasteiger partial charge < -0.3 is 15.4 Å². The third-order valence-corrected chi connectivity index (χ3v) is 8.72. The highest BCUT2D eigenvalue weighted by molar-refractivity contribution is 5.76. The van der Waals surface area contributed by atoms with Crippen LogP contribution >= 0.6 is 0 Å². The molecule has 1 aromatic rings. The Hall–Kier alpha value is -1.39. The van der Waals surface area contributed by atoms with Crippen molar-refractivity contribution in [3.05, 3.63) is 35.9 Å². The van der Waals surface area contributed by atoms with E-state index >= 15 is 0 Å². The van der Waals surface area contributed by atoms with E-state index in [0.717, 1.165) is 39.1 Å². The summed E-state index contributed by atoms with van der Waals surface area (Å²) < 4.78 is 6.04. The molecule has 1 unspecified atom stereocenters. The van der Waals surface area contributed by atoms with Crippen molar-refractivity contribution in [1.82, 2.24) is 10.6 Å². The van der Waals surface area contributed by atoms with Crippen molar-refractivity contribution in [3.8, 4) is 0 Å². The molecule has 3 fully saturated rings. The number of hydrogen-bond donors (Lipinski definition) is 2. The van der Waals surface area contributed by atoms with Crippen LogP contribution in [0.3, 0.4) is 0 Å². The SMILES string of the molecule is CCOC[C@@]12CCC[C@@](c3ccccc3)(CC(CCC(=O)N[C@@H]3CCNCC3(C)C)C1)C2. The number of ether oxygens (including phenoxy) is 1. The minimum Gasteiger partial charge on any atom is -0.381 e. The van der Waals surface area contributed by atoms with Gasteiger partial charge in [0.05, 0.1) is 6.61 Å². The molecule has 0 spiro atoms. The number of carbonyl (C=O) groups excluding carboxylic acids is 1. The van der Waals surface area contributed by atoms with Gasteiger partial charge >= 0.3 is 0 Å². The van der Waals surface area contributed by atoms with E-state index in [9.17, 15) is 4.79 Å². The van der Waals surface area contributed by atoms with Crippen molar-refractivity contribution >= 4 is 5.91 Å². The first-order valence-corrected chi connectivity index (χ1v) is 13.0. The van der Waals surface area contributed by atoms with E-state index in [4.69, 9.17) is 4.74 Å². The van der Waals surface area contributed by atoms with Crippen LogP contribution in [0.2, 0.25) is 0 Å². The Morgan fingerprint density at radius 3 is 2.75 bits per heavy atom. The molecule has 0 aromatic heterocycles. The third kappa shape index (κ3) is 5.22. The third-order valence-electron chi connectivity index (χ3n) is 8.72. The van der Waals surface area contributed by atoms with Gasteiger partial charge in [-0.2, -0.15) is 0 Å². The zero-order valence-electron chi connectivity index (χ0n) is 20.6. The molecule has 4 heteroatoms. The second-order valence-electron chi connectivity index (χ2n) is 11.7. The maximum Gasteiger partial charge on any atom is 0.220 e. The van der Waals surface area contributed by atoms with Crippen molar-refractivity contribution in [2.75, 3.05) is 26.3 Å². The highest BCUT2D eigenvalue weighted by atomic mass is 16.5. The lowest BCUT2D eigenvalue weighted by Gasteiger charge is -2.55. The van der Waals surface area contributed by atoms with Crippen LogP contribution in [0.25, 0.3) is 0 Å². The average molecular weight is 441 g/mol. The number of nitrogens with one attached hydrogen (secondary N) is 2. The molecule has 1 aliphatic heterocycles. The minimum atomic E-state index is 0.120. The largest absolute Gasteiger partial charge is 0.381 e. The molecule has 4 atom stereocenters. The number of carbonyl (C=O) groups is 1. The zero-order valence-corrected chi connectivity index (χ0v) is 20.6. The topological polar surface area (TPSA) is 50.4 Å². The van der Waals surface area contributed by atoms with E-state index in [1.807, 2.05) is 0 Å². The molecule has 178 valence electrons. The molecular weight excluding hydrogens is 396 g/mol. The molecule has 4 nitrogen and oxygen atoms in total. The number of benzene rings is 1. The van der Waals surface area contributed by atoms with E-state index in [0.29, 0.717) is 12.3 Å². The Labute approximate surface area is 195 Å². The monoisotopic (exact) mass is 440 g/mol. The molecule has 32 heavy (non-hydrogen) atoms. The predicted octanol–water partition coefficient (Wildman–Crippen LogP) is 5.22. The van der Waals surface area contributed by atoms with Crippen LogP contribution in [0.1, 0.15) is 84.1 Å². The summed E-state index contributed by atoms with van der Waals surface area (Å²) in [5, 5.41) is 6.84. The lowest BCUT2D eigenvalue weighted by atomic mass is 9.50. The summed E-state index contributed by atoms with van der Waals surface area (Å²) in [5.41, 5.74) is 2.16. The molecule has 1 amide bonds. The summed E-state index contributed by atoms with van der Waals surface area (Å²) in [6.45, 7) is 10.3. The molecule has 2 saturated carbocycles. The molecule has 3 aliphatic rings. The van der Waals surface area contributed by atoms with E-state index < -0.39 is 0 Å². The second kappa shape index (κ2) is 9.85. The van der Waals surface area contributed by atoms with Crippen LogP contribution in [-0.4, -0.2) is 38.3 Å². The highest BCUT2D eigenvalue weighted by Gasteiger charge is 2.51. The highest BCUT2D eigenvalue weighted by Crippen LogP contribution is 2.59. The van der Waals surface area contributed by atoms with Gasteiger partial charge in [0.15, 0.2) is 0 Å². The molecule has 2 bridgehead atoms. The van der Waals surface area contributed by atoms with Crippen molar-refractivity contribution in [1.29, 1.82) is 0 Å². The summed E-state index contributed by atoms with van der Waals surface area (Å²) in [7, 11) is 0. The smallest absolute Gasteiger partial charge is 0.220 e. The molecule has 0 radical (unpaired) electrons. The lowest BCUT2D eigenvalue weighted by Crippen LogP contribution is -2.54. The molecular formula is C28H44N2O2. The fourth-order valence-electron chi connectivity index (χ4n) is 7.18. The average Bonchev–Trinajstić information content (AvgIpc) is 2.78. The van der Waals surface area contributed by atoms with Crippen LogP contribution in [0.4, 0.5) is 0 Å². The first-order valence-electron chi connectivity index (χ1n) is 13.0. The summed E-state index contributed by atoms with van der Waals surface area (Å²) in [5.74, 6) is 0.838. The Morgan fingerprint density at radius 2 is 2.00 bits per heavy atom. The van der Waals surface area contributed by atoms with Crippen molar-refractivity contribution in [2.45, 2.75) is 90.0 Å². The molecule has 1 aromatic carbocycles. The number of fused-ring (bicyclic) bond motifs is 2. The fourth-order valence-corrected chi connectivity index (χ4v) is 7.18. The summed E-state index contributed by atoms with van der Waals surface area (Å²) >= 11 is 0. The number of hydrogen-bond acceptors (Lipinski definition) is 3. The molecule has 4 rings (SSSR count). The van der Waals surface area contributed by atoms with Crippen molar-refractivity contribution in [3.63, 3.8) is 0 Å². The minimum absolute atomic E-state index is 0.120. The van der Waals surface area contributed by atoms with Crippen LogP contribution in [0.15, 0.2) is 30.3 Å². The Bertz CT molecular complexity index is 764. The van der Waals surface area contributed by atoms with Gasteiger partial charge in [-0.15, -0.1) is 0 Å². The quantitative estimate of drug-likeness (QED) is 0.583. The zero-order chi connectivity index (χ0) is 22.7. The molecule has 1 saturated heterocycles. The second-order valence-corrected chi connectivity index (χ2v) is 11.7. The first kappa shape index (κ1) is 23.8. The van der Waals surface area contributed by atoms with Crippen molar-refractivity contribution < 1.29 is 9.53 Å². The van der Waals surface area contributed by atoms with Gasteiger partial charge in [0.2, 0.25) is 5.91 Å². The normalized spacial score (nSPS) is 34.1. The molecule has 2 aliphatic carbocycles.